The third-order valence-corrected chi connectivity index (χ3v) is 3.72. The molecule has 0 saturated carbocycles. The van der Waals surface area contributed by atoms with E-state index in [1.54, 1.807) is 14.2 Å². The molecule has 0 heterocycles. The summed E-state index contributed by atoms with van der Waals surface area (Å²) < 4.78 is 10.6. The molecule has 0 radical (unpaired) electrons. The van der Waals surface area contributed by atoms with Gasteiger partial charge < -0.3 is 14.3 Å². The molecule has 0 spiro atoms. The van der Waals surface area contributed by atoms with Crippen LogP contribution < -0.4 is 9.47 Å². The highest BCUT2D eigenvalue weighted by Gasteiger charge is 2.11. The number of methoxy groups -OCH3 is 2. The summed E-state index contributed by atoms with van der Waals surface area (Å²) in [6, 6.07) is 13.5. The molecule has 2 aromatic carbocycles. The minimum absolute atomic E-state index is 0.0992. The minimum atomic E-state index is -0.0992. The van der Waals surface area contributed by atoms with Crippen LogP contribution in [0.1, 0.15) is 29.5 Å². The van der Waals surface area contributed by atoms with Crippen molar-refractivity contribution in [1.29, 1.82) is 0 Å². The molecule has 0 aliphatic carbocycles. The Labute approximate surface area is 131 Å². The van der Waals surface area contributed by atoms with Crippen LogP contribution in [0.15, 0.2) is 49.0 Å². The molecule has 3 heteroatoms. The van der Waals surface area contributed by atoms with Crippen molar-refractivity contribution in [3.8, 4) is 11.5 Å². The van der Waals surface area contributed by atoms with E-state index in [1.807, 2.05) is 49.4 Å². The lowest BCUT2D eigenvalue weighted by molar-refractivity contribution is -0.108. The number of carbonyl (C=O) groups excluding carboxylic acids is 1. The average Bonchev–Trinajstić information content (AvgIpc) is 2.59. The van der Waals surface area contributed by atoms with Gasteiger partial charge in [-0.05, 0) is 28.8 Å². The molecule has 0 saturated heterocycles. The quantitative estimate of drug-likeness (QED) is 0.754. The molecule has 1 atom stereocenters. The number of carbonyl (C=O) groups is 1. The molecule has 2 aromatic rings. The highest BCUT2D eigenvalue weighted by atomic mass is 16.5. The van der Waals surface area contributed by atoms with Crippen LogP contribution in [-0.4, -0.2) is 20.5 Å². The summed E-state index contributed by atoms with van der Waals surface area (Å²) in [6.07, 6.45) is 0.941. The topological polar surface area (TPSA) is 35.5 Å². The van der Waals surface area contributed by atoms with Crippen molar-refractivity contribution in [2.75, 3.05) is 14.2 Å². The molecule has 0 aliphatic heterocycles. The van der Waals surface area contributed by atoms with Crippen LogP contribution in [0.3, 0.4) is 0 Å². The highest BCUT2D eigenvalue weighted by Crippen LogP contribution is 2.33. The first kappa shape index (κ1) is 15.8. The zero-order valence-electron chi connectivity index (χ0n) is 13.1. The molecule has 22 heavy (non-hydrogen) atoms. The Kier molecular flexibility index (Phi) is 4.99. The lowest BCUT2D eigenvalue weighted by atomic mass is 9.95. The van der Waals surface area contributed by atoms with E-state index in [1.165, 1.54) is 0 Å². The van der Waals surface area contributed by atoms with Crippen molar-refractivity contribution in [3.63, 3.8) is 0 Å². The summed E-state index contributed by atoms with van der Waals surface area (Å²) in [5.74, 6) is 1.36. The third kappa shape index (κ3) is 3.19. The Hall–Kier alpha value is -2.55. The first-order chi connectivity index (χ1) is 10.6. The van der Waals surface area contributed by atoms with Crippen molar-refractivity contribution in [2.24, 2.45) is 0 Å². The Morgan fingerprint density at radius 3 is 2.32 bits per heavy atom. The number of ether oxygens (including phenoxy) is 2. The Bertz CT molecular complexity index is 672. The summed E-state index contributed by atoms with van der Waals surface area (Å²) in [4.78, 5) is 10.8. The summed E-state index contributed by atoms with van der Waals surface area (Å²) in [6.45, 7) is 6.04. The lowest BCUT2D eigenvalue weighted by Gasteiger charge is -2.13. The fourth-order valence-corrected chi connectivity index (χ4v) is 2.27. The van der Waals surface area contributed by atoms with Crippen molar-refractivity contribution in [1.82, 2.24) is 0 Å². The van der Waals surface area contributed by atoms with Gasteiger partial charge in [0.1, 0.15) is 17.8 Å². The first-order valence-electron chi connectivity index (χ1n) is 7.07. The summed E-state index contributed by atoms with van der Waals surface area (Å²) >= 11 is 0. The van der Waals surface area contributed by atoms with Crippen LogP contribution in [0.5, 0.6) is 11.5 Å². The number of rotatable bonds is 6. The van der Waals surface area contributed by atoms with E-state index in [4.69, 9.17) is 9.47 Å². The standard InChI is InChI=1S/C19H20O3/c1-13(12-20)15-5-7-16(8-6-15)14(2)18-10-9-17(21-3)11-19(18)22-4/h5-13H,2H2,1,3-4H3. The minimum Gasteiger partial charge on any atom is -0.497 e. The van der Waals surface area contributed by atoms with Crippen LogP contribution in [0.2, 0.25) is 0 Å². The van der Waals surface area contributed by atoms with Gasteiger partial charge in [0.2, 0.25) is 0 Å². The van der Waals surface area contributed by atoms with Crippen molar-refractivity contribution < 1.29 is 14.3 Å². The van der Waals surface area contributed by atoms with Gasteiger partial charge in [0.05, 0.1) is 14.2 Å². The smallest absolute Gasteiger partial charge is 0.130 e. The second-order valence-electron chi connectivity index (χ2n) is 5.09. The molecule has 1 unspecified atom stereocenters. The number of hydrogen-bond acceptors (Lipinski definition) is 3. The predicted octanol–water partition coefficient (Wildman–Crippen LogP) is 4.07. The maximum atomic E-state index is 10.8. The van der Waals surface area contributed by atoms with E-state index >= 15 is 0 Å². The zero-order valence-corrected chi connectivity index (χ0v) is 13.1. The van der Waals surface area contributed by atoms with Gasteiger partial charge in [-0.2, -0.15) is 0 Å². The van der Waals surface area contributed by atoms with Crippen LogP contribution in [0, 0.1) is 0 Å². The van der Waals surface area contributed by atoms with E-state index in [-0.39, 0.29) is 5.92 Å². The molecule has 114 valence electrons. The number of hydrogen-bond donors (Lipinski definition) is 0. The van der Waals surface area contributed by atoms with Gasteiger partial charge in [-0.25, -0.2) is 0 Å². The van der Waals surface area contributed by atoms with Gasteiger partial charge in [-0.15, -0.1) is 0 Å². The van der Waals surface area contributed by atoms with Gasteiger partial charge in [0.15, 0.2) is 0 Å². The molecule has 0 fully saturated rings. The van der Waals surface area contributed by atoms with Crippen molar-refractivity contribution in [3.05, 3.63) is 65.7 Å². The molecule has 0 aliphatic rings. The average molecular weight is 296 g/mol. The normalized spacial score (nSPS) is 11.6. The second kappa shape index (κ2) is 6.94. The van der Waals surface area contributed by atoms with Gasteiger partial charge >= 0.3 is 0 Å². The van der Waals surface area contributed by atoms with Crippen LogP contribution in [0.25, 0.3) is 5.57 Å². The van der Waals surface area contributed by atoms with Crippen molar-refractivity contribution in [2.45, 2.75) is 12.8 Å². The van der Waals surface area contributed by atoms with E-state index in [0.717, 1.165) is 40.0 Å². The van der Waals surface area contributed by atoms with Gasteiger partial charge in [0, 0.05) is 17.5 Å². The molecular weight excluding hydrogens is 276 g/mol. The molecule has 0 amide bonds. The van der Waals surface area contributed by atoms with Crippen LogP contribution in [-0.2, 0) is 4.79 Å². The third-order valence-electron chi connectivity index (χ3n) is 3.72. The largest absolute Gasteiger partial charge is 0.497 e. The fourth-order valence-electron chi connectivity index (χ4n) is 2.27. The SMILES string of the molecule is C=C(c1ccc(C(C)C=O)cc1)c1ccc(OC)cc1OC. The monoisotopic (exact) mass is 296 g/mol. The van der Waals surface area contributed by atoms with Crippen molar-refractivity contribution >= 4 is 11.9 Å². The lowest BCUT2D eigenvalue weighted by Crippen LogP contribution is -1.96. The van der Waals surface area contributed by atoms with Gasteiger partial charge in [-0.3, -0.25) is 0 Å². The maximum Gasteiger partial charge on any atom is 0.130 e. The Morgan fingerprint density at radius 1 is 1.09 bits per heavy atom. The molecule has 3 nitrogen and oxygen atoms in total. The second-order valence-corrected chi connectivity index (χ2v) is 5.09. The molecule has 0 aromatic heterocycles. The van der Waals surface area contributed by atoms with Gasteiger partial charge in [-0.1, -0.05) is 37.8 Å². The summed E-state index contributed by atoms with van der Waals surface area (Å²) in [7, 11) is 3.25. The zero-order chi connectivity index (χ0) is 16.1. The first-order valence-corrected chi connectivity index (χ1v) is 7.07. The van der Waals surface area contributed by atoms with Crippen LogP contribution >= 0.6 is 0 Å². The number of aldehydes is 1. The van der Waals surface area contributed by atoms with E-state index in [0.29, 0.717) is 0 Å². The van der Waals surface area contributed by atoms with E-state index in [2.05, 4.69) is 6.58 Å². The molecular formula is C19H20O3. The summed E-state index contributed by atoms with van der Waals surface area (Å²) in [5, 5.41) is 0. The number of benzene rings is 2. The highest BCUT2D eigenvalue weighted by molar-refractivity contribution is 5.81. The fraction of sp³-hybridized carbons (Fsp3) is 0.211. The van der Waals surface area contributed by atoms with E-state index in [9.17, 15) is 4.79 Å². The molecule has 0 N–H and O–H groups in total. The summed E-state index contributed by atoms with van der Waals surface area (Å²) in [5.41, 5.74) is 3.77. The Morgan fingerprint density at radius 2 is 1.77 bits per heavy atom. The van der Waals surface area contributed by atoms with Crippen LogP contribution in [0.4, 0.5) is 0 Å². The maximum absolute atomic E-state index is 10.8. The predicted molar refractivity (Wildman–Crippen MR) is 88.6 cm³/mol. The molecule has 0 bridgehead atoms. The van der Waals surface area contributed by atoms with Gasteiger partial charge in [0.25, 0.3) is 0 Å². The Balaban J connectivity index is 2.33. The van der Waals surface area contributed by atoms with E-state index < -0.39 is 0 Å². The molecule has 2 rings (SSSR count).